The molecule has 1 unspecified atom stereocenters. The second kappa shape index (κ2) is 4.85. The van der Waals surface area contributed by atoms with Crippen LogP contribution in [0.4, 0.5) is 0 Å². The molecule has 0 amide bonds. The zero-order valence-corrected chi connectivity index (χ0v) is 5.72. The third-order valence-electron chi connectivity index (χ3n) is 1.18. The van der Waals surface area contributed by atoms with Crippen LogP contribution in [0.2, 0.25) is 0 Å². The van der Waals surface area contributed by atoms with E-state index in [1.54, 1.807) is 0 Å². The van der Waals surface area contributed by atoms with Crippen molar-refractivity contribution in [3.05, 3.63) is 12.2 Å². The van der Waals surface area contributed by atoms with Gasteiger partial charge in [0.1, 0.15) is 0 Å². The van der Waals surface area contributed by atoms with Crippen molar-refractivity contribution in [3.8, 4) is 0 Å². The van der Waals surface area contributed by atoms with E-state index in [0.717, 1.165) is 13.0 Å². The third kappa shape index (κ3) is 3.88. The summed E-state index contributed by atoms with van der Waals surface area (Å²) in [6, 6.07) is 0. The lowest BCUT2D eigenvalue weighted by molar-refractivity contribution is 0.606. The molecule has 0 aromatic heterocycles. The average Bonchev–Trinajstić information content (AvgIpc) is 1.83. The van der Waals surface area contributed by atoms with Gasteiger partial charge in [0.25, 0.3) is 0 Å². The topological polar surface area (TPSA) is 26.0 Å². The molecule has 0 bridgehead atoms. The number of nitrogens with two attached hydrogens (primary N) is 1. The molecule has 0 saturated heterocycles. The van der Waals surface area contributed by atoms with E-state index in [1.807, 2.05) is 6.92 Å². The molecule has 0 aliphatic rings. The van der Waals surface area contributed by atoms with Crippen LogP contribution in [-0.2, 0) is 0 Å². The average molecular weight is 113 g/mol. The fourth-order valence-corrected chi connectivity index (χ4v) is 0.465. The molecule has 0 aromatic carbocycles. The molecule has 2 N–H and O–H groups in total. The Balaban J connectivity index is 3.10. The van der Waals surface area contributed by atoms with Gasteiger partial charge in [-0.05, 0) is 25.8 Å². The molecule has 1 nitrogen and oxygen atoms in total. The Bertz CT molecular complexity index is 66.8. The van der Waals surface area contributed by atoms with E-state index < -0.39 is 0 Å². The van der Waals surface area contributed by atoms with Gasteiger partial charge in [0.15, 0.2) is 0 Å². The molecule has 8 heavy (non-hydrogen) atoms. The van der Waals surface area contributed by atoms with Crippen LogP contribution < -0.4 is 5.73 Å². The Morgan fingerprint density at radius 3 is 2.62 bits per heavy atom. The molecular formula is C7H15N. The van der Waals surface area contributed by atoms with Gasteiger partial charge in [0.05, 0.1) is 0 Å². The van der Waals surface area contributed by atoms with Gasteiger partial charge in [-0.2, -0.15) is 0 Å². The smallest absolute Gasteiger partial charge is 0.00485 e. The molecule has 48 valence electrons. The van der Waals surface area contributed by atoms with E-state index >= 15 is 0 Å². The van der Waals surface area contributed by atoms with Crippen molar-refractivity contribution in [1.82, 2.24) is 0 Å². The summed E-state index contributed by atoms with van der Waals surface area (Å²) < 4.78 is 0. The summed E-state index contributed by atoms with van der Waals surface area (Å²) in [4.78, 5) is 0. The largest absolute Gasteiger partial charge is 0.330 e. The van der Waals surface area contributed by atoms with Crippen LogP contribution in [-0.4, -0.2) is 6.54 Å². The SMILES string of the molecule is C/C=C/CC(C)CN. The van der Waals surface area contributed by atoms with Gasteiger partial charge >= 0.3 is 0 Å². The quantitative estimate of drug-likeness (QED) is 0.552. The lowest BCUT2D eigenvalue weighted by Gasteiger charge is -2.00. The van der Waals surface area contributed by atoms with E-state index in [1.165, 1.54) is 0 Å². The minimum atomic E-state index is 0.645. The molecule has 1 atom stereocenters. The Kier molecular flexibility index (Phi) is 4.67. The van der Waals surface area contributed by atoms with Crippen LogP contribution in [0.15, 0.2) is 12.2 Å². The molecule has 0 aliphatic carbocycles. The first-order chi connectivity index (χ1) is 3.81. The van der Waals surface area contributed by atoms with Crippen LogP contribution >= 0.6 is 0 Å². The van der Waals surface area contributed by atoms with E-state index in [-0.39, 0.29) is 0 Å². The summed E-state index contributed by atoms with van der Waals surface area (Å²) in [7, 11) is 0. The highest BCUT2D eigenvalue weighted by Crippen LogP contribution is 1.98. The van der Waals surface area contributed by atoms with E-state index in [2.05, 4.69) is 19.1 Å². The second-order valence-electron chi connectivity index (χ2n) is 2.15. The minimum absolute atomic E-state index is 0.645. The molecule has 1 heteroatoms. The van der Waals surface area contributed by atoms with E-state index in [4.69, 9.17) is 5.73 Å². The summed E-state index contributed by atoms with van der Waals surface area (Å²) in [5, 5.41) is 0. The molecule has 0 saturated carbocycles. The minimum Gasteiger partial charge on any atom is -0.330 e. The number of rotatable bonds is 3. The highest BCUT2D eigenvalue weighted by Gasteiger charge is 1.91. The standard InChI is InChI=1S/C7H15N/c1-3-4-5-7(2)6-8/h3-4,7H,5-6,8H2,1-2H3/b4-3+. The van der Waals surface area contributed by atoms with Gasteiger partial charge in [0, 0.05) is 0 Å². The summed E-state index contributed by atoms with van der Waals surface area (Å²) in [5.41, 5.74) is 5.38. The Morgan fingerprint density at radius 2 is 2.25 bits per heavy atom. The van der Waals surface area contributed by atoms with Gasteiger partial charge in [0.2, 0.25) is 0 Å². The van der Waals surface area contributed by atoms with E-state index in [9.17, 15) is 0 Å². The van der Waals surface area contributed by atoms with Gasteiger partial charge in [-0.3, -0.25) is 0 Å². The van der Waals surface area contributed by atoms with Crippen LogP contribution in [0.1, 0.15) is 20.3 Å². The fraction of sp³-hybridized carbons (Fsp3) is 0.714. The van der Waals surface area contributed by atoms with Gasteiger partial charge in [-0.15, -0.1) is 0 Å². The van der Waals surface area contributed by atoms with Crippen molar-refractivity contribution in [2.24, 2.45) is 11.7 Å². The highest BCUT2D eigenvalue weighted by atomic mass is 14.5. The Morgan fingerprint density at radius 1 is 1.62 bits per heavy atom. The lowest BCUT2D eigenvalue weighted by Crippen LogP contribution is -2.09. The molecule has 0 aromatic rings. The van der Waals surface area contributed by atoms with Crippen molar-refractivity contribution in [2.75, 3.05) is 6.54 Å². The number of hydrogen-bond acceptors (Lipinski definition) is 1. The van der Waals surface area contributed by atoms with Crippen molar-refractivity contribution >= 4 is 0 Å². The van der Waals surface area contributed by atoms with Crippen molar-refractivity contribution in [2.45, 2.75) is 20.3 Å². The maximum absolute atomic E-state index is 5.38. The number of allylic oxidation sites excluding steroid dienone is 2. The van der Waals surface area contributed by atoms with Crippen molar-refractivity contribution in [3.63, 3.8) is 0 Å². The lowest BCUT2D eigenvalue weighted by atomic mass is 10.1. The van der Waals surface area contributed by atoms with Gasteiger partial charge < -0.3 is 5.73 Å². The monoisotopic (exact) mass is 113 g/mol. The van der Waals surface area contributed by atoms with Crippen molar-refractivity contribution in [1.29, 1.82) is 0 Å². The molecule has 0 radical (unpaired) electrons. The molecular weight excluding hydrogens is 98.1 g/mol. The zero-order chi connectivity index (χ0) is 6.41. The third-order valence-corrected chi connectivity index (χ3v) is 1.18. The first-order valence-corrected chi connectivity index (χ1v) is 3.12. The summed E-state index contributed by atoms with van der Waals surface area (Å²) in [6.45, 7) is 4.98. The normalized spacial score (nSPS) is 14.9. The van der Waals surface area contributed by atoms with Crippen LogP contribution in [0, 0.1) is 5.92 Å². The molecule has 0 fully saturated rings. The Hall–Kier alpha value is -0.300. The molecule has 0 spiro atoms. The predicted octanol–water partition coefficient (Wildman–Crippen LogP) is 1.55. The first kappa shape index (κ1) is 7.70. The maximum Gasteiger partial charge on any atom is -0.00485 e. The maximum atomic E-state index is 5.38. The second-order valence-corrected chi connectivity index (χ2v) is 2.15. The summed E-state index contributed by atoms with van der Waals surface area (Å²) >= 11 is 0. The molecule has 0 rings (SSSR count). The van der Waals surface area contributed by atoms with Crippen LogP contribution in [0.25, 0.3) is 0 Å². The zero-order valence-electron chi connectivity index (χ0n) is 5.72. The van der Waals surface area contributed by atoms with Crippen LogP contribution in [0.5, 0.6) is 0 Å². The number of hydrogen-bond donors (Lipinski definition) is 1. The van der Waals surface area contributed by atoms with Gasteiger partial charge in [-0.25, -0.2) is 0 Å². The van der Waals surface area contributed by atoms with Crippen molar-refractivity contribution < 1.29 is 0 Å². The summed E-state index contributed by atoms with van der Waals surface area (Å²) in [6.07, 6.45) is 5.33. The molecule has 0 heterocycles. The van der Waals surface area contributed by atoms with Crippen LogP contribution in [0.3, 0.4) is 0 Å². The first-order valence-electron chi connectivity index (χ1n) is 3.12. The highest BCUT2D eigenvalue weighted by molar-refractivity contribution is 4.78. The van der Waals surface area contributed by atoms with E-state index in [0.29, 0.717) is 5.92 Å². The fourth-order valence-electron chi connectivity index (χ4n) is 0.465. The molecule has 0 aliphatic heterocycles. The summed E-state index contributed by atoms with van der Waals surface area (Å²) in [5.74, 6) is 0.645. The Labute approximate surface area is 51.6 Å². The predicted molar refractivity (Wildman–Crippen MR) is 37.6 cm³/mol. The van der Waals surface area contributed by atoms with Gasteiger partial charge in [-0.1, -0.05) is 19.1 Å².